The predicted octanol–water partition coefficient (Wildman–Crippen LogP) is 2.59. The molecule has 0 amide bonds. The van der Waals surface area contributed by atoms with Gasteiger partial charge >= 0.3 is 0 Å². The van der Waals surface area contributed by atoms with Gasteiger partial charge < -0.3 is 9.64 Å². The van der Waals surface area contributed by atoms with E-state index in [0.29, 0.717) is 12.2 Å². The molecule has 0 spiro atoms. The van der Waals surface area contributed by atoms with E-state index in [-0.39, 0.29) is 0 Å². The first kappa shape index (κ1) is 13.0. The Balaban J connectivity index is 1.49. The van der Waals surface area contributed by atoms with Crippen molar-refractivity contribution in [2.75, 3.05) is 18.0 Å². The van der Waals surface area contributed by atoms with Gasteiger partial charge in [-0.2, -0.15) is 0 Å². The van der Waals surface area contributed by atoms with Gasteiger partial charge in [0.2, 0.25) is 0 Å². The quantitative estimate of drug-likeness (QED) is 0.681. The van der Waals surface area contributed by atoms with Crippen LogP contribution in [-0.2, 0) is 4.74 Å². The molecule has 2 unspecified atom stereocenters. The molecule has 2 fully saturated rings. The number of anilines is 1. The Bertz CT molecular complexity index is 883. The van der Waals surface area contributed by atoms with Crippen molar-refractivity contribution in [2.45, 2.75) is 19.1 Å². The maximum Gasteiger partial charge on any atom is 0.161 e. The second-order valence-corrected chi connectivity index (χ2v) is 6.17. The number of rotatable bonds is 2. The maximum atomic E-state index is 5.46. The van der Waals surface area contributed by atoms with Crippen molar-refractivity contribution >= 4 is 16.7 Å². The third-order valence-corrected chi connectivity index (χ3v) is 4.61. The summed E-state index contributed by atoms with van der Waals surface area (Å²) in [6.07, 6.45) is 2.70. The van der Waals surface area contributed by atoms with E-state index in [2.05, 4.69) is 32.0 Å². The number of hydrogen-bond acceptors (Lipinski definition) is 5. The molecule has 5 nitrogen and oxygen atoms in total. The first-order valence-electron chi connectivity index (χ1n) is 7.88. The van der Waals surface area contributed by atoms with Crippen molar-refractivity contribution in [1.29, 1.82) is 0 Å². The SMILES string of the molecule is Cc1nc(-c2ccc(N3CC4OC4C3)nc2)nc2ccccc12. The third kappa shape index (κ3) is 2.16. The Morgan fingerprint density at radius 2 is 1.87 bits per heavy atom. The number of nitrogens with zero attached hydrogens (tertiary/aromatic N) is 4. The van der Waals surface area contributed by atoms with Crippen molar-refractivity contribution in [3.8, 4) is 11.4 Å². The topological polar surface area (TPSA) is 54.4 Å². The van der Waals surface area contributed by atoms with Gasteiger partial charge in [-0.15, -0.1) is 0 Å². The molecule has 0 aliphatic carbocycles. The van der Waals surface area contributed by atoms with Crippen LogP contribution in [0.5, 0.6) is 0 Å². The highest BCUT2D eigenvalue weighted by Crippen LogP contribution is 2.33. The number of epoxide rings is 1. The van der Waals surface area contributed by atoms with Gasteiger partial charge in [0.25, 0.3) is 0 Å². The molecule has 2 aliphatic heterocycles. The van der Waals surface area contributed by atoms with E-state index in [1.807, 2.05) is 37.4 Å². The average molecular weight is 304 g/mol. The molecule has 0 bridgehead atoms. The number of morpholine rings is 1. The fourth-order valence-electron chi connectivity index (χ4n) is 3.27. The number of aromatic nitrogens is 3. The Morgan fingerprint density at radius 1 is 1.04 bits per heavy atom. The van der Waals surface area contributed by atoms with E-state index in [0.717, 1.165) is 46.9 Å². The van der Waals surface area contributed by atoms with Gasteiger partial charge in [0.15, 0.2) is 5.82 Å². The lowest BCUT2D eigenvalue weighted by Gasteiger charge is -2.18. The number of pyridine rings is 1. The van der Waals surface area contributed by atoms with Crippen molar-refractivity contribution < 1.29 is 4.74 Å². The normalized spacial score (nSPS) is 22.4. The van der Waals surface area contributed by atoms with Crippen LogP contribution in [0.4, 0.5) is 5.82 Å². The van der Waals surface area contributed by atoms with Crippen LogP contribution in [0.1, 0.15) is 5.69 Å². The second kappa shape index (κ2) is 4.73. The maximum absolute atomic E-state index is 5.46. The summed E-state index contributed by atoms with van der Waals surface area (Å²) in [6.45, 7) is 3.91. The zero-order valence-corrected chi connectivity index (χ0v) is 12.8. The molecule has 2 aliphatic rings. The third-order valence-electron chi connectivity index (χ3n) is 4.61. The Kier molecular flexibility index (Phi) is 2.67. The van der Waals surface area contributed by atoms with Crippen LogP contribution in [0, 0.1) is 6.92 Å². The minimum absolute atomic E-state index is 0.419. The van der Waals surface area contributed by atoms with Gasteiger partial charge in [-0.3, -0.25) is 0 Å². The largest absolute Gasteiger partial charge is 0.366 e. The van der Waals surface area contributed by atoms with Crippen LogP contribution in [0.25, 0.3) is 22.3 Å². The van der Waals surface area contributed by atoms with Crippen LogP contribution < -0.4 is 4.90 Å². The van der Waals surface area contributed by atoms with Crippen molar-refractivity contribution in [1.82, 2.24) is 15.0 Å². The van der Waals surface area contributed by atoms with Crippen LogP contribution in [0.3, 0.4) is 0 Å². The predicted molar refractivity (Wildman–Crippen MR) is 88.4 cm³/mol. The number of fused-ring (bicyclic) bond motifs is 2. The molecule has 114 valence electrons. The molecule has 2 atom stereocenters. The fraction of sp³-hybridized carbons (Fsp3) is 0.278. The van der Waals surface area contributed by atoms with Gasteiger partial charge in [0.05, 0.1) is 5.52 Å². The van der Waals surface area contributed by atoms with Gasteiger partial charge in [0.1, 0.15) is 18.0 Å². The fourth-order valence-corrected chi connectivity index (χ4v) is 3.27. The lowest BCUT2D eigenvalue weighted by atomic mass is 10.2. The highest BCUT2D eigenvalue weighted by atomic mass is 16.6. The monoisotopic (exact) mass is 304 g/mol. The lowest BCUT2D eigenvalue weighted by Crippen LogP contribution is -2.24. The van der Waals surface area contributed by atoms with Crippen molar-refractivity contribution in [3.05, 3.63) is 48.3 Å². The minimum Gasteiger partial charge on any atom is -0.366 e. The Hall–Kier alpha value is -2.53. The number of benzene rings is 1. The zero-order chi connectivity index (χ0) is 15.4. The molecule has 3 aromatic rings. The number of para-hydroxylation sites is 1. The van der Waals surface area contributed by atoms with Gasteiger partial charge in [-0.25, -0.2) is 15.0 Å². The first-order chi connectivity index (χ1) is 11.3. The van der Waals surface area contributed by atoms with E-state index < -0.39 is 0 Å². The van der Waals surface area contributed by atoms with Gasteiger partial charge in [-0.05, 0) is 25.1 Å². The van der Waals surface area contributed by atoms with E-state index in [1.165, 1.54) is 0 Å². The van der Waals surface area contributed by atoms with Crippen LogP contribution in [0.15, 0.2) is 42.6 Å². The summed E-state index contributed by atoms with van der Waals surface area (Å²) in [5, 5.41) is 1.09. The lowest BCUT2D eigenvalue weighted by molar-refractivity contribution is 0.347. The summed E-state index contributed by atoms with van der Waals surface area (Å²) in [5.74, 6) is 1.73. The molecular formula is C18H16N4O. The summed E-state index contributed by atoms with van der Waals surface area (Å²) < 4.78 is 5.46. The Labute approximate surface area is 134 Å². The first-order valence-corrected chi connectivity index (χ1v) is 7.88. The average Bonchev–Trinajstić information content (AvgIpc) is 3.21. The molecule has 1 aromatic carbocycles. The summed E-state index contributed by atoms with van der Waals surface area (Å²) in [5.41, 5.74) is 2.91. The van der Waals surface area contributed by atoms with Gasteiger partial charge in [-0.1, -0.05) is 18.2 Å². The van der Waals surface area contributed by atoms with Crippen LogP contribution in [0.2, 0.25) is 0 Å². The highest BCUT2D eigenvalue weighted by molar-refractivity contribution is 5.82. The van der Waals surface area contributed by atoms with Crippen molar-refractivity contribution in [2.24, 2.45) is 0 Å². The summed E-state index contributed by atoms with van der Waals surface area (Å²) in [6, 6.07) is 12.2. The molecule has 5 rings (SSSR count). The molecule has 23 heavy (non-hydrogen) atoms. The molecule has 2 saturated heterocycles. The molecule has 5 heteroatoms. The molecule has 0 saturated carbocycles. The molecule has 2 aromatic heterocycles. The second-order valence-electron chi connectivity index (χ2n) is 6.17. The van der Waals surface area contributed by atoms with E-state index in [4.69, 9.17) is 4.74 Å². The standard InChI is InChI=1S/C18H16N4O/c1-11-13-4-2-3-5-14(13)21-18(20-11)12-6-7-17(19-8-12)22-9-15-16(10-22)23-15/h2-8,15-16H,9-10H2,1H3. The summed E-state index contributed by atoms with van der Waals surface area (Å²) >= 11 is 0. The Morgan fingerprint density at radius 3 is 2.65 bits per heavy atom. The summed E-state index contributed by atoms with van der Waals surface area (Å²) in [7, 11) is 0. The molecule has 0 radical (unpaired) electrons. The number of hydrogen-bond donors (Lipinski definition) is 0. The van der Waals surface area contributed by atoms with E-state index in [9.17, 15) is 0 Å². The van der Waals surface area contributed by atoms with Gasteiger partial charge in [0, 0.05) is 35.9 Å². The minimum atomic E-state index is 0.419. The number of aryl methyl sites for hydroxylation is 1. The summed E-state index contributed by atoms with van der Waals surface area (Å²) in [4.78, 5) is 16.2. The van der Waals surface area contributed by atoms with Crippen LogP contribution in [-0.4, -0.2) is 40.2 Å². The van der Waals surface area contributed by atoms with E-state index >= 15 is 0 Å². The number of ether oxygens (including phenoxy) is 1. The van der Waals surface area contributed by atoms with Crippen LogP contribution >= 0.6 is 0 Å². The molecular weight excluding hydrogens is 288 g/mol. The molecule has 0 N–H and O–H groups in total. The van der Waals surface area contributed by atoms with Crippen molar-refractivity contribution in [3.63, 3.8) is 0 Å². The molecule has 4 heterocycles. The highest BCUT2D eigenvalue weighted by Gasteiger charge is 2.47. The van der Waals surface area contributed by atoms with E-state index in [1.54, 1.807) is 0 Å². The smallest absolute Gasteiger partial charge is 0.161 e. The zero-order valence-electron chi connectivity index (χ0n) is 12.8.